The van der Waals surface area contributed by atoms with Crippen LogP contribution < -0.4 is 4.72 Å². The number of hydrogen-bond acceptors (Lipinski definition) is 4. The molecule has 1 aromatic rings. The van der Waals surface area contributed by atoms with Gasteiger partial charge in [-0.05, 0) is 31.9 Å². The molecule has 1 aliphatic rings. The Hall–Kier alpha value is -0.730. The summed E-state index contributed by atoms with van der Waals surface area (Å²) in [4.78, 5) is -0.566. The maximum atomic E-state index is 14.1. The van der Waals surface area contributed by atoms with Gasteiger partial charge in [-0.3, -0.25) is 0 Å². The average Bonchev–Trinajstić information content (AvgIpc) is 2.94. The summed E-state index contributed by atoms with van der Waals surface area (Å²) in [6.45, 7) is 1.63. The lowest BCUT2D eigenvalue weighted by Gasteiger charge is -2.20. The Balaban J connectivity index is 2.28. The van der Waals surface area contributed by atoms with E-state index in [1.165, 1.54) is 6.07 Å². The van der Waals surface area contributed by atoms with Gasteiger partial charge < -0.3 is 9.84 Å². The van der Waals surface area contributed by atoms with E-state index in [9.17, 15) is 12.8 Å². The second-order valence-electron chi connectivity index (χ2n) is 5.00. The molecule has 0 aromatic heterocycles. The zero-order valence-corrected chi connectivity index (χ0v) is 13.0. The van der Waals surface area contributed by atoms with Gasteiger partial charge in [-0.15, -0.1) is 0 Å². The number of benzene rings is 1. The van der Waals surface area contributed by atoms with Crippen LogP contribution >= 0.6 is 11.6 Å². The van der Waals surface area contributed by atoms with E-state index in [2.05, 4.69) is 4.72 Å². The van der Waals surface area contributed by atoms with Gasteiger partial charge in [0.1, 0.15) is 10.7 Å². The fourth-order valence-electron chi connectivity index (χ4n) is 2.31. The molecule has 1 aliphatic heterocycles. The lowest BCUT2D eigenvalue weighted by molar-refractivity contribution is 0.0902. The van der Waals surface area contributed by atoms with Crippen LogP contribution in [0, 0.1) is 5.82 Å². The molecule has 0 saturated carbocycles. The van der Waals surface area contributed by atoms with Crippen molar-refractivity contribution in [3.63, 3.8) is 0 Å². The lowest BCUT2D eigenvalue weighted by atomic mass is 10.1. The Morgan fingerprint density at radius 2 is 2.29 bits per heavy atom. The molecule has 1 fully saturated rings. The highest BCUT2D eigenvalue weighted by Crippen LogP contribution is 2.25. The van der Waals surface area contributed by atoms with E-state index in [4.69, 9.17) is 21.4 Å². The Morgan fingerprint density at radius 3 is 2.86 bits per heavy atom. The molecule has 0 bridgehead atoms. The third kappa shape index (κ3) is 3.73. The molecular formula is C13H17ClFNO4S. The number of halogens is 2. The van der Waals surface area contributed by atoms with Crippen molar-refractivity contribution in [1.82, 2.24) is 4.72 Å². The Bertz CT molecular complexity index is 617. The molecule has 1 heterocycles. The molecule has 2 atom stereocenters. The second kappa shape index (κ2) is 6.58. The van der Waals surface area contributed by atoms with Crippen molar-refractivity contribution in [3.05, 3.63) is 28.5 Å². The highest BCUT2D eigenvalue weighted by atomic mass is 35.5. The van der Waals surface area contributed by atoms with Crippen molar-refractivity contribution in [3.8, 4) is 0 Å². The fourth-order valence-corrected chi connectivity index (χ4v) is 4.03. The van der Waals surface area contributed by atoms with E-state index in [-0.39, 0.29) is 16.7 Å². The molecule has 0 amide bonds. The Morgan fingerprint density at radius 1 is 1.57 bits per heavy atom. The summed E-state index contributed by atoms with van der Waals surface area (Å²) < 4.78 is 46.5. The number of aliphatic hydroxyl groups excluding tert-OH is 1. The van der Waals surface area contributed by atoms with E-state index in [0.29, 0.717) is 6.61 Å². The van der Waals surface area contributed by atoms with E-state index < -0.39 is 33.4 Å². The first-order valence-corrected chi connectivity index (χ1v) is 8.44. The van der Waals surface area contributed by atoms with E-state index in [1.54, 1.807) is 6.92 Å². The van der Waals surface area contributed by atoms with Crippen molar-refractivity contribution in [1.29, 1.82) is 0 Å². The van der Waals surface area contributed by atoms with Crippen LogP contribution in [0.2, 0.25) is 5.02 Å². The number of nitrogens with one attached hydrogen (secondary N) is 1. The van der Waals surface area contributed by atoms with Gasteiger partial charge in [0.05, 0.1) is 12.7 Å². The highest BCUT2D eigenvalue weighted by Gasteiger charge is 2.29. The molecule has 118 valence electrons. The van der Waals surface area contributed by atoms with Crippen LogP contribution in [0.25, 0.3) is 0 Å². The number of ether oxygens (including phenoxy) is 1. The predicted octanol–water partition coefficient (Wildman–Crippen LogP) is 1.82. The zero-order chi connectivity index (χ0) is 15.6. The highest BCUT2D eigenvalue weighted by molar-refractivity contribution is 7.89. The molecule has 8 heteroatoms. The normalized spacial score (nSPS) is 20.7. The van der Waals surface area contributed by atoms with Gasteiger partial charge in [0.25, 0.3) is 0 Å². The Labute approximate surface area is 128 Å². The minimum Gasteiger partial charge on any atom is -0.392 e. The van der Waals surface area contributed by atoms with Crippen LogP contribution in [0.4, 0.5) is 4.39 Å². The third-order valence-electron chi connectivity index (χ3n) is 3.40. The van der Waals surface area contributed by atoms with Gasteiger partial charge in [0, 0.05) is 23.2 Å². The molecule has 2 rings (SSSR count). The summed E-state index contributed by atoms with van der Waals surface area (Å²) in [5, 5.41) is 9.10. The molecule has 0 spiro atoms. The standard InChI is InChI=1S/C13H17ClFNO4S/c1-8(11-3-2-4-20-11)16-21(18,19)12-6-10(14)5-9(7-17)13(12)15/h5-6,8,11,16-17H,2-4,7H2,1H3. The number of hydrogen-bond donors (Lipinski definition) is 2. The predicted molar refractivity (Wildman–Crippen MR) is 76.1 cm³/mol. The topological polar surface area (TPSA) is 75.6 Å². The van der Waals surface area contributed by atoms with E-state index in [1.807, 2.05) is 0 Å². The maximum absolute atomic E-state index is 14.1. The largest absolute Gasteiger partial charge is 0.392 e. The first-order chi connectivity index (χ1) is 9.85. The Kier molecular flexibility index (Phi) is 5.21. The van der Waals surface area contributed by atoms with Gasteiger partial charge in [-0.2, -0.15) is 0 Å². The molecule has 21 heavy (non-hydrogen) atoms. The van der Waals surface area contributed by atoms with Crippen molar-refractivity contribution in [2.45, 2.75) is 43.4 Å². The maximum Gasteiger partial charge on any atom is 0.243 e. The fraction of sp³-hybridized carbons (Fsp3) is 0.538. The monoisotopic (exact) mass is 337 g/mol. The molecule has 0 radical (unpaired) electrons. The van der Waals surface area contributed by atoms with Crippen molar-refractivity contribution >= 4 is 21.6 Å². The number of rotatable bonds is 5. The van der Waals surface area contributed by atoms with Gasteiger partial charge in [0.15, 0.2) is 0 Å². The van der Waals surface area contributed by atoms with Crippen LogP contribution in [0.15, 0.2) is 17.0 Å². The number of sulfonamides is 1. The van der Waals surface area contributed by atoms with Crippen LogP contribution in [0.5, 0.6) is 0 Å². The van der Waals surface area contributed by atoms with Crippen LogP contribution in [-0.2, 0) is 21.4 Å². The summed E-state index contributed by atoms with van der Waals surface area (Å²) in [5.41, 5.74) is -0.160. The van der Waals surface area contributed by atoms with Crippen molar-refractivity contribution < 1.29 is 22.7 Å². The number of aliphatic hydroxyl groups is 1. The summed E-state index contributed by atoms with van der Waals surface area (Å²) in [7, 11) is -4.08. The average molecular weight is 338 g/mol. The quantitative estimate of drug-likeness (QED) is 0.859. The minimum atomic E-state index is -4.08. The zero-order valence-electron chi connectivity index (χ0n) is 11.5. The van der Waals surface area contributed by atoms with Gasteiger partial charge in [-0.1, -0.05) is 11.6 Å². The minimum absolute atomic E-state index is 0.0468. The third-order valence-corrected chi connectivity index (χ3v) is 5.18. The molecule has 2 unspecified atom stereocenters. The van der Waals surface area contributed by atoms with Crippen LogP contribution in [-0.4, -0.2) is 32.3 Å². The van der Waals surface area contributed by atoms with E-state index >= 15 is 0 Å². The van der Waals surface area contributed by atoms with Gasteiger partial charge in [0.2, 0.25) is 10.0 Å². The lowest BCUT2D eigenvalue weighted by Crippen LogP contribution is -2.41. The summed E-state index contributed by atoms with van der Waals surface area (Å²) in [5.74, 6) is -0.992. The van der Waals surface area contributed by atoms with Gasteiger partial charge in [-0.25, -0.2) is 17.5 Å². The molecular weight excluding hydrogens is 321 g/mol. The van der Waals surface area contributed by atoms with Crippen LogP contribution in [0.3, 0.4) is 0 Å². The molecule has 1 aromatic carbocycles. The SMILES string of the molecule is CC(NS(=O)(=O)c1cc(Cl)cc(CO)c1F)C1CCCO1. The summed E-state index contributed by atoms with van der Waals surface area (Å²) >= 11 is 5.78. The van der Waals surface area contributed by atoms with Crippen LogP contribution in [0.1, 0.15) is 25.3 Å². The smallest absolute Gasteiger partial charge is 0.243 e. The van der Waals surface area contributed by atoms with Gasteiger partial charge >= 0.3 is 0 Å². The van der Waals surface area contributed by atoms with E-state index in [0.717, 1.165) is 18.9 Å². The first-order valence-electron chi connectivity index (χ1n) is 6.58. The molecule has 5 nitrogen and oxygen atoms in total. The summed E-state index contributed by atoms with van der Waals surface area (Å²) in [6.07, 6.45) is 1.40. The summed E-state index contributed by atoms with van der Waals surface area (Å²) in [6, 6.07) is 1.74. The van der Waals surface area contributed by atoms with Crippen molar-refractivity contribution in [2.75, 3.05) is 6.61 Å². The molecule has 0 aliphatic carbocycles. The molecule has 2 N–H and O–H groups in total. The van der Waals surface area contributed by atoms with Crippen molar-refractivity contribution in [2.24, 2.45) is 0 Å². The second-order valence-corrected chi connectivity index (χ2v) is 7.12. The molecule has 1 saturated heterocycles. The first kappa shape index (κ1) is 16.6.